The Hall–Kier alpha value is -1.92. The summed E-state index contributed by atoms with van der Waals surface area (Å²) in [7, 11) is 0. The number of halogens is 1. The van der Waals surface area contributed by atoms with Crippen molar-refractivity contribution in [2.24, 2.45) is 17.1 Å². The Balaban J connectivity index is 0.00000312. The number of imide groups is 1. The molecule has 138 valence electrons. The number of rotatable bonds is 7. The maximum atomic E-state index is 12.5. The highest BCUT2D eigenvalue weighted by Gasteiger charge is 2.33. The quantitative estimate of drug-likeness (QED) is 0.641. The highest BCUT2D eigenvalue weighted by Crippen LogP contribution is 2.27. The molecule has 1 aliphatic heterocycles. The fourth-order valence-corrected chi connectivity index (χ4v) is 3.00. The molecule has 0 bridgehead atoms. The van der Waals surface area contributed by atoms with Crippen molar-refractivity contribution in [3.63, 3.8) is 0 Å². The fraction of sp³-hybridized carbons (Fsp3) is 0.500. The summed E-state index contributed by atoms with van der Waals surface area (Å²) in [6, 6.07) is 7.37. The smallest absolute Gasteiger partial charge is 0.231 e. The van der Waals surface area contributed by atoms with Gasteiger partial charge >= 0.3 is 0 Å². The van der Waals surface area contributed by atoms with Gasteiger partial charge in [0, 0.05) is 18.7 Å². The third kappa shape index (κ3) is 4.80. The van der Waals surface area contributed by atoms with Crippen LogP contribution in [0.25, 0.3) is 0 Å². The van der Waals surface area contributed by atoms with Crippen LogP contribution in [0.3, 0.4) is 0 Å². The van der Waals surface area contributed by atoms with Gasteiger partial charge in [-0.3, -0.25) is 19.7 Å². The lowest BCUT2D eigenvalue weighted by atomic mass is 9.81. The van der Waals surface area contributed by atoms with Gasteiger partial charge in [0.1, 0.15) is 0 Å². The molecule has 1 aliphatic rings. The number of carbonyl (C=O) groups is 3. The summed E-state index contributed by atoms with van der Waals surface area (Å²) in [5, 5.41) is 5.23. The van der Waals surface area contributed by atoms with Crippen LogP contribution < -0.4 is 16.4 Å². The second kappa shape index (κ2) is 8.97. The Morgan fingerprint density at radius 2 is 1.84 bits per heavy atom. The average molecular weight is 368 g/mol. The summed E-state index contributed by atoms with van der Waals surface area (Å²) < 4.78 is 0. The lowest BCUT2D eigenvalue weighted by molar-refractivity contribution is -0.126. The van der Waals surface area contributed by atoms with Crippen molar-refractivity contribution in [3.05, 3.63) is 29.8 Å². The van der Waals surface area contributed by atoms with Crippen molar-refractivity contribution in [2.75, 3.05) is 11.9 Å². The molecular formula is C18H26ClN3O3. The van der Waals surface area contributed by atoms with Crippen LogP contribution in [0.4, 0.5) is 5.69 Å². The molecule has 0 aliphatic carbocycles. The number of amides is 3. The van der Waals surface area contributed by atoms with Crippen LogP contribution in [0.15, 0.2) is 24.3 Å². The molecule has 1 atom stereocenters. The molecule has 4 N–H and O–H groups in total. The van der Waals surface area contributed by atoms with E-state index in [1.807, 2.05) is 38.1 Å². The third-order valence-electron chi connectivity index (χ3n) is 4.99. The number of hydrogen-bond acceptors (Lipinski definition) is 4. The zero-order chi connectivity index (χ0) is 17.7. The minimum absolute atomic E-state index is 0. The normalized spacial score (nSPS) is 17.0. The average Bonchev–Trinajstić information content (AvgIpc) is 2.89. The van der Waals surface area contributed by atoms with Crippen molar-refractivity contribution in [1.82, 2.24) is 5.32 Å². The van der Waals surface area contributed by atoms with E-state index >= 15 is 0 Å². The van der Waals surface area contributed by atoms with Gasteiger partial charge in [0.05, 0.1) is 11.3 Å². The SMILES string of the molecule is CCC(CC)(CN)C(=O)Nc1ccc(CC2CC(=O)NC2=O)cc1.Cl. The van der Waals surface area contributed by atoms with Crippen LogP contribution in [-0.2, 0) is 20.8 Å². The van der Waals surface area contributed by atoms with E-state index in [9.17, 15) is 14.4 Å². The van der Waals surface area contributed by atoms with E-state index in [1.165, 1.54) is 0 Å². The van der Waals surface area contributed by atoms with E-state index in [4.69, 9.17) is 5.73 Å². The Morgan fingerprint density at radius 1 is 1.24 bits per heavy atom. The highest BCUT2D eigenvalue weighted by molar-refractivity contribution is 6.03. The third-order valence-corrected chi connectivity index (χ3v) is 4.99. The van der Waals surface area contributed by atoms with Crippen molar-refractivity contribution in [2.45, 2.75) is 39.5 Å². The molecular weight excluding hydrogens is 342 g/mol. The molecule has 1 heterocycles. The molecule has 0 saturated carbocycles. The van der Waals surface area contributed by atoms with Crippen LogP contribution in [-0.4, -0.2) is 24.3 Å². The fourth-order valence-electron chi connectivity index (χ4n) is 3.00. The van der Waals surface area contributed by atoms with E-state index in [-0.39, 0.29) is 42.5 Å². The maximum absolute atomic E-state index is 12.5. The number of benzene rings is 1. The van der Waals surface area contributed by atoms with Gasteiger partial charge in [-0.05, 0) is 37.0 Å². The lowest BCUT2D eigenvalue weighted by Gasteiger charge is -2.28. The van der Waals surface area contributed by atoms with Crippen molar-refractivity contribution in [3.8, 4) is 0 Å². The molecule has 1 aromatic rings. The highest BCUT2D eigenvalue weighted by atomic mass is 35.5. The van der Waals surface area contributed by atoms with Gasteiger partial charge in [-0.15, -0.1) is 12.4 Å². The van der Waals surface area contributed by atoms with Crippen molar-refractivity contribution < 1.29 is 14.4 Å². The Kier molecular flexibility index (Phi) is 7.58. The molecule has 3 amide bonds. The number of nitrogens with one attached hydrogen (secondary N) is 2. The molecule has 0 aromatic heterocycles. The van der Waals surface area contributed by atoms with E-state index in [0.29, 0.717) is 31.5 Å². The summed E-state index contributed by atoms with van der Waals surface area (Å²) >= 11 is 0. The molecule has 1 unspecified atom stereocenters. The molecule has 2 rings (SSSR count). The first-order valence-electron chi connectivity index (χ1n) is 8.38. The van der Waals surface area contributed by atoms with E-state index in [1.54, 1.807) is 0 Å². The van der Waals surface area contributed by atoms with Gasteiger partial charge in [-0.25, -0.2) is 0 Å². The Morgan fingerprint density at radius 3 is 2.28 bits per heavy atom. The van der Waals surface area contributed by atoms with Crippen LogP contribution >= 0.6 is 12.4 Å². The molecule has 1 saturated heterocycles. The first kappa shape index (κ1) is 21.1. The first-order chi connectivity index (χ1) is 11.4. The van der Waals surface area contributed by atoms with Gasteiger partial charge in [0.15, 0.2) is 0 Å². The first-order valence-corrected chi connectivity index (χ1v) is 8.38. The number of carbonyl (C=O) groups excluding carboxylic acids is 3. The number of nitrogens with two attached hydrogens (primary N) is 1. The maximum Gasteiger partial charge on any atom is 0.231 e. The second-order valence-electron chi connectivity index (χ2n) is 6.36. The molecule has 1 aromatic carbocycles. The zero-order valence-corrected chi connectivity index (χ0v) is 15.4. The van der Waals surface area contributed by atoms with Crippen LogP contribution in [0, 0.1) is 11.3 Å². The molecule has 7 heteroatoms. The Bertz CT molecular complexity index is 619. The van der Waals surface area contributed by atoms with Crippen LogP contribution in [0.1, 0.15) is 38.7 Å². The molecule has 0 spiro atoms. The summed E-state index contributed by atoms with van der Waals surface area (Å²) in [6.07, 6.45) is 2.13. The zero-order valence-electron chi connectivity index (χ0n) is 14.6. The monoisotopic (exact) mass is 367 g/mol. The van der Waals surface area contributed by atoms with Crippen molar-refractivity contribution >= 4 is 35.8 Å². The van der Waals surface area contributed by atoms with Gasteiger partial charge in [0.25, 0.3) is 0 Å². The molecule has 6 nitrogen and oxygen atoms in total. The molecule has 1 fully saturated rings. The topological polar surface area (TPSA) is 101 Å². The predicted molar refractivity (Wildman–Crippen MR) is 99.3 cm³/mol. The standard InChI is InChI=1S/C18H25N3O3.ClH/c1-3-18(4-2,11-19)17(24)20-14-7-5-12(6-8-14)9-13-10-15(22)21-16(13)23;/h5-8,13H,3-4,9-11,19H2,1-2H3,(H,20,24)(H,21,22,23);1H. The second-order valence-corrected chi connectivity index (χ2v) is 6.36. The number of hydrogen-bond donors (Lipinski definition) is 3. The van der Waals surface area contributed by atoms with Gasteiger partial charge < -0.3 is 11.1 Å². The summed E-state index contributed by atoms with van der Waals surface area (Å²) in [5.41, 5.74) is 6.92. The van der Waals surface area contributed by atoms with Crippen LogP contribution in [0.2, 0.25) is 0 Å². The van der Waals surface area contributed by atoms with Crippen molar-refractivity contribution in [1.29, 1.82) is 0 Å². The summed E-state index contributed by atoms with van der Waals surface area (Å²) in [4.78, 5) is 35.3. The van der Waals surface area contributed by atoms with E-state index < -0.39 is 5.41 Å². The van der Waals surface area contributed by atoms with E-state index in [2.05, 4.69) is 10.6 Å². The predicted octanol–water partition coefficient (Wildman–Crippen LogP) is 2.02. The van der Waals surface area contributed by atoms with E-state index in [0.717, 1.165) is 5.56 Å². The lowest BCUT2D eigenvalue weighted by Crippen LogP contribution is -2.41. The van der Waals surface area contributed by atoms with Gasteiger partial charge in [-0.2, -0.15) is 0 Å². The minimum Gasteiger partial charge on any atom is -0.329 e. The Labute approximate surface area is 154 Å². The summed E-state index contributed by atoms with van der Waals surface area (Å²) in [6.45, 7) is 4.24. The number of anilines is 1. The van der Waals surface area contributed by atoms with Gasteiger partial charge in [-0.1, -0.05) is 26.0 Å². The molecule has 0 radical (unpaired) electrons. The van der Waals surface area contributed by atoms with Crippen LogP contribution in [0.5, 0.6) is 0 Å². The largest absolute Gasteiger partial charge is 0.329 e. The molecule has 25 heavy (non-hydrogen) atoms. The summed E-state index contributed by atoms with van der Waals surface area (Å²) in [5.74, 6) is -0.798. The minimum atomic E-state index is -0.541. The van der Waals surface area contributed by atoms with Gasteiger partial charge in [0.2, 0.25) is 17.7 Å².